The van der Waals surface area contributed by atoms with Crippen molar-refractivity contribution in [1.29, 1.82) is 0 Å². The normalized spacial score (nSPS) is 16.5. The molecule has 1 aromatic carbocycles. The summed E-state index contributed by atoms with van der Waals surface area (Å²) in [6, 6.07) is 13.7. The van der Waals surface area contributed by atoms with E-state index in [0.29, 0.717) is 23.2 Å². The zero-order valence-electron chi connectivity index (χ0n) is 10.7. The van der Waals surface area contributed by atoms with Crippen LogP contribution in [0.5, 0.6) is 0 Å². The van der Waals surface area contributed by atoms with Gasteiger partial charge in [-0.2, -0.15) is 4.98 Å². The summed E-state index contributed by atoms with van der Waals surface area (Å²) in [5.74, 6) is 1.79. The van der Waals surface area contributed by atoms with Crippen molar-refractivity contribution in [1.82, 2.24) is 15.1 Å². The second kappa shape index (κ2) is 4.16. The molecule has 1 atom stereocenters. The largest absolute Gasteiger partial charge is 0.384 e. The molecule has 0 fully saturated rings. The van der Waals surface area contributed by atoms with Gasteiger partial charge in [0.2, 0.25) is 0 Å². The second-order valence-corrected chi connectivity index (χ2v) is 4.86. The van der Waals surface area contributed by atoms with Gasteiger partial charge >= 0.3 is 0 Å². The van der Waals surface area contributed by atoms with E-state index in [1.54, 1.807) is 6.07 Å². The Balaban J connectivity index is 1.67. The maximum atomic E-state index is 5.66. The Labute approximate surface area is 115 Å². The van der Waals surface area contributed by atoms with E-state index in [1.807, 2.05) is 24.3 Å². The molecule has 0 amide bonds. The number of nitrogens with zero attached hydrogens (tertiary/aromatic N) is 3. The molecular weight excluding hydrogens is 252 g/mol. The highest BCUT2D eigenvalue weighted by Crippen LogP contribution is 2.38. The van der Waals surface area contributed by atoms with Crippen molar-refractivity contribution in [2.75, 3.05) is 5.73 Å². The monoisotopic (exact) mass is 264 g/mol. The molecule has 1 aliphatic rings. The Hall–Kier alpha value is -2.69. The Kier molecular flexibility index (Phi) is 2.32. The van der Waals surface area contributed by atoms with E-state index >= 15 is 0 Å². The predicted molar refractivity (Wildman–Crippen MR) is 73.9 cm³/mol. The van der Waals surface area contributed by atoms with Crippen LogP contribution in [0.3, 0.4) is 0 Å². The minimum Gasteiger partial charge on any atom is -0.384 e. The van der Waals surface area contributed by atoms with Gasteiger partial charge in [-0.3, -0.25) is 0 Å². The van der Waals surface area contributed by atoms with Gasteiger partial charge in [0.1, 0.15) is 11.5 Å². The first kappa shape index (κ1) is 11.2. The van der Waals surface area contributed by atoms with Crippen molar-refractivity contribution < 1.29 is 4.52 Å². The average molecular weight is 264 g/mol. The van der Waals surface area contributed by atoms with Gasteiger partial charge in [0.25, 0.3) is 5.89 Å². The summed E-state index contributed by atoms with van der Waals surface area (Å²) in [6.45, 7) is 0. The van der Waals surface area contributed by atoms with Crippen LogP contribution in [-0.2, 0) is 6.42 Å². The lowest BCUT2D eigenvalue weighted by atomic mass is 9.77. The van der Waals surface area contributed by atoms with Gasteiger partial charge in [0.05, 0.1) is 5.92 Å². The summed E-state index contributed by atoms with van der Waals surface area (Å²) in [6.07, 6.45) is 0.958. The molecule has 1 unspecified atom stereocenters. The fraction of sp³-hybridized carbons (Fsp3) is 0.133. The number of rotatable bonds is 2. The molecule has 98 valence electrons. The van der Waals surface area contributed by atoms with E-state index in [0.717, 1.165) is 6.42 Å². The molecular formula is C15H12N4O. The van der Waals surface area contributed by atoms with Crippen LogP contribution in [0.15, 0.2) is 47.0 Å². The molecule has 3 aromatic rings. The highest BCUT2D eigenvalue weighted by Gasteiger charge is 2.31. The van der Waals surface area contributed by atoms with E-state index in [2.05, 4.69) is 27.3 Å². The third-order valence-electron chi connectivity index (χ3n) is 3.60. The minimum absolute atomic E-state index is 0.227. The van der Waals surface area contributed by atoms with Crippen molar-refractivity contribution in [2.24, 2.45) is 0 Å². The molecule has 1 aliphatic carbocycles. The number of hydrogen-bond donors (Lipinski definition) is 1. The van der Waals surface area contributed by atoms with Gasteiger partial charge in [-0.05, 0) is 29.7 Å². The van der Waals surface area contributed by atoms with Gasteiger partial charge in [0.15, 0.2) is 5.82 Å². The Morgan fingerprint density at radius 2 is 1.95 bits per heavy atom. The summed E-state index contributed by atoms with van der Waals surface area (Å²) in [4.78, 5) is 8.63. The molecule has 0 radical (unpaired) electrons. The van der Waals surface area contributed by atoms with Crippen LogP contribution in [0.2, 0.25) is 0 Å². The standard InChI is InChI=1S/C15H12N4O/c16-13-7-3-6-12(17-13)15-18-14(19-20-15)11-8-9-4-1-2-5-10(9)11/h1-7,11H,8H2,(H2,16,17). The smallest absolute Gasteiger partial charge is 0.276 e. The van der Waals surface area contributed by atoms with Crippen LogP contribution in [0.25, 0.3) is 11.6 Å². The number of benzene rings is 1. The summed E-state index contributed by atoms with van der Waals surface area (Å²) in [7, 11) is 0. The fourth-order valence-corrected chi connectivity index (χ4v) is 2.54. The summed E-state index contributed by atoms with van der Waals surface area (Å²) >= 11 is 0. The molecule has 20 heavy (non-hydrogen) atoms. The van der Waals surface area contributed by atoms with Gasteiger partial charge in [-0.25, -0.2) is 4.98 Å². The van der Waals surface area contributed by atoms with Crippen LogP contribution >= 0.6 is 0 Å². The first-order chi connectivity index (χ1) is 9.81. The number of pyridine rings is 1. The molecule has 0 saturated heterocycles. The fourth-order valence-electron chi connectivity index (χ4n) is 2.54. The highest BCUT2D eigenvalue weighted by molar-refractivity contribution is 5.51. The average Bonchev–Trinajstić information content (AvgIpc) is 2.90. The maximum absolute atomic E-state index is 5.66. The first-order valence-electron chi connectivity index (χ1n) is 6.45. The molecule has 0 aliphatic heterocycles. The maximum Gasteiger partial charge on any atom is 0.276 e. The summed E-state index contributed by atoms with van der Waals surface area (Å²) in [5, 5.41) is 4.08. The molecule has 0 spiro atoms. The van der Waals surface area contributed by atoms with Gasteiger partial charge in [-0.15, -0.1) is 0 Å². The highest BCUT2D eigenvalue weighted by atomic mass is 16.5. The number of nitrogen functional groups attached to an aromatic ring is 1. The Morgan fingerprint density at radius 1 is 1.05 bits per heavy atom. The lowest BCUT2D eigenvalue weighted by molar-refractivity contribution is 0.415. The minimum atomic E-state index is 0.227. The van der Waals surface area contributed by atoms with Crippen molar-refractivity contribution in [3.8, 4) is 11.6 Å². The molecule has 2 aromatic heterocycles. The summed E-state index contributed by atoms with van der Waals surface area (Å²) < 4.78 is 5.30. The summed E-state index contributed by atoms with van der Waals surface area (Å²) in [5.41, 5.74) is 8.90. The van der Waals surface area contributed by atoms with E-state index < -0.39 is 0 Å². The lowest BCUT2D eigenvalue weighted by Crippen LogP contribution is -2.19. The topological polar surface area (TPSA) is 77.8 Å². The second-order valence-electron chi connectivity index (χ2n) is 4.86. The van der Waals surface area contributed by atoms with Gasteiger partial charge < -0.3 is 10.3 Å². The SMILES string of the molecule is Nc1cccc(-c2nc(C3Cc4ccccc43)no2)n1. The quantitative estimate of drug-likeness (QED) is 0.769. The van der Waals surface area contributed by atoms with Crippen LogP contribution < -0.4 is 5.73 Å². The molecule has 0 bridgehead atoms. The van der Waals surface area contributed by atoms with Crippen molar-refractivity contribution in [2.45, 2.75) is 12.3 Å². The number of anilines is 1. The van der Waals surface area contributed by atoms with Crippen LogP contribution in [0, 0.1) is 0 Å². The third kappa shape index (κ3) is 1.67. The Morgan fingerprint density at radius 3 is 2.80 bits per heavy atom. The van der Waals surface area contributed by atoms with Gasteiger partial charge in [0, 0.05) is 0 Å². The number of aromatic nitrogens is 3. The first-order valence-corrected chi connectivity index (χ1v) is 6.45. The molecule has 2 heterocycles. The van der Waals surface area contributed by atoms with E-state index in [4.69, 9.17) is 10.3 Å². The predicted octanol–water partition coefficient (Wildman–Crippen LogP) is 2.40. The van der Waals surface area contributed by atoms with Crippen LogP contribution in [-0.4, -0.2) is 15.1 Å². The molecule has 2 N–H and O–H groups in total. The zero-order valence-corrected chi connectivity index (χ0v) is 10.7. The third-order valence-corrected chi connectivity index (χ3v) is 3.60. The van der Waals surface area contributed by atoms with E-state index in [9.17, 15) is 0 Å². The van der Waals surface area contributed by atoms with Gasteiger partial charge in [-0.1, -0.05) is 35.5 Å². The Bertz CT molecular complexity index is 781. The zero-order chi connectivity index (χ0) is 13.5. The lowest BCUT2D eigenvalue weighted by Gasteiger charge is -2.27. The number of fused-ring (bicyclic) bond motifs is 1. The number of nitrogens with two attached hydrogens (primary N) is 1. The van der Waals surface area contributed by atoms with E-state index in [1.165, 1.54) is 11.1 Å². The van der Waals surface area contributed by atoms with Crippen LogP contribution in [0.1, 0.15) is 22.9 Å². The van der Waals surface area contributed by atoms with Crippen molar-refractivity contribution in [3.05, 3.63) is 59.4 Å². The molecule has 5 nitrogen and oxygen atoms in total. The molecule has 0 saturated carbocycles. The van der Waals surface area contributed by atoms with Crippen LogP contribution in [0.4, 0.5) is 5.82 Å². The van der Waals surface area contributed by atoms with E-state index in [-0.39, 0.29) is 5.92 Å². The molecule has 4 rings (SSSR count). The van der Waals surface area contributed by atoms with Crippen molar-refractivity contribution in [3.63, 3.8) is 0 Å². The molecule has 5 heteroatoms. The van der Waals surface area contributed by atoms with Crippen molar-refractivity contribution >= 4 is 5.82 Å². The number of hydrogen-bond acceptors (Lipinski definition) is 5.